The molecular weight excluding hydrogens is 236 g/mol. The average molecular weight is 256 g/mol. The van der Waals surface area contributed by atoms with E-state index in [0.29, 0.717) is 5.82 Å². The van der Waals surface area contributed by atoms with Gasteiger partial charge < -0.3 is 9.84 Å². The van der Waals surface area contributed by atoms with Crippen LogP contribution in [0.5, 0.6) is 0 Å². The van der Waals surface area contributed by atoms with Crippen molar-refractivity contribution in [3.8, 4) is 0 Å². The van der Waals surface area contributed by atoms with Crippen molar-refractivity contribution in [1.82, 2.24) is 20.2 Å². The molecule has 1 aromatic rings. The Morgan fingerprint density at radius 2 is 2.11 bits per heavy atom. The molecule has 0 aliphatic heterocycles. The Hall–Kier alpha value is -1.50. The fraction of sp³-hybridized carbons (Fsp3) is 0.818. The first-order valence-corrected chi connectivity index (χ1v) is 5.79. The highest BCUT2D eigenvalue weighted by Crippen LogP contribution is 2.34. The zero-order valence-corrected chi connectivity index (χ0v) is 11.4. The summed E-state index contributed by atoms with van der Waals surface area (Å²) in [6.45, 7) is 7.71. The van der Waals surface area contributed by atoms with Crippen LogP contribution in [0.2, 0.25) is 0 Å². The van der Waals surface area contributed by atoms with E-state index in [1.807, 2.05) is 27.7 Å². The smallest absolute Gasteiger partial charge is 0.305 e. The Morgan fingerprint density at radius 1 is 1.50 bits per heavy atom. The molecule has 2 atom stereocenters. The monoisotopic (exact) mass is 256 g/mol. The molecule has 0 amide bonds. The number of aromatic nitrogens is 4. The molecule has 0 radical (unpaired) electrons. The highest BCUT2D eigenvalue weighted by Gasteiger charge is 2.32. The molecule has 1 aromatic heterocycles. The van der Waals surface area contributed by atoms with Gasteiger partial charge in [-0.1, -0.05) is 20.8 Å². The molecule has 0 aromatic carbocycles. The van der Waals surface area contributed by atoms with Gasteiger partial charge in [0.1, 0.15) is 6.10 Å². The highest BCUT2D eigenvalue weighted by atomic mass is 16.5. The lowest BCUT2D eigenvalue weighted by molar-refractivity contribution is -0.139. The van der Waals surface area contributed by atoms with Crippen LogP contribution in [0.15, 0.2) is 0 Å². The van der Waals surface area contributed by atoms with Crippen LogP contribution in [-0.2, 0) is 9.53 Å². The van der Waals surface area contributed by atoms with Crippen molar-refractivity contribution in [2.45, 2.75) is 46.3 Å². The minimum Gasteiger partial charge on any atom is -0.481 e. The third kappa shape index (κ3) is 3.25. The SMILES string of the molecule is COC(C)c1nnnn1C(CC(=O)O)C(C)(C)C. The molecule has 1 rings (SSSR count). The molecule has 7 nitrogen and oxygen atoms in total. The number of methoxy groups -OCH3 is 1. The molecule has 18 heavy (non-hydrogen) atoms. The quantitative estimate of drug-likeness (QED) is 0.857. The first-order valence-electron chi connectivity index (χ1n) is 5.79. The van der Waals surface area contributed by atoms with E-state index >= 15 is 0 Å². The molecule has 0 bridgehead atoms. The Labute approximate surface area is 106 Å². The molecule has 0 fully saturated rings. The van der Waals surface area contributed by atoms with Crippen LogP contribution in [0.1, 0.15) is 52.1 Å². The summed E-state index contributed by atoms with van der Waals surface area (Å²) in [4.78, 5) is 11.0. The average Bonchev–Trinajstić information content (AvgIpc) is 2.71. The second-order valence-electron chi connectivity index (χ2n) is 5.34. The van der Waals surface area contributed by atoms with Crippen LogP contribution in [0.3, 0.4) is 0 Å². The van der Waals surface area contributed by atoms with Gasteiger partial charge in [-0.3, -0.25) is 4.79 Å². The summed E-state index contributed by atoms with van der Waals surface area (Å²) < 4.78 is 6.75. The van der Waals surface area contributed by atoms with Gasteiger partial charge in [-0.2, -0.15) is 0 Å². The third-order valence-corrected chi connectivity index (χ3v) is 2.90. The van der Waals surface area contributed by atoms with Gasteiger partial charge in [0, 0.05) is 7.11 Å². The molecule has 0 saturated carbocycles. The Kier molecular flexibility index (Phi) is 4.39. The van der Waals surface area contributed by atoms with Gasteiger partial charge in [-0.25, -0.2) is 4.68 Å². The van der Waals surface area contributed by atoms with Gasteiger partial charge in [0.25, 0.3) is 0 Å². The summed E-state index contributed by atoms with van der Waals surface area (Å²) in [6, 6.07) is -0.322. The Balaban J connectivity index is 3.14. The van der Waals surface area contributed by atoms with Gasteiger partial charge in [0.05, 0.1) is 12.5 Å². The number of nitrogens with zero attached hydrogens (tertiary/aromatic N) is 4. The van der Waals surface area contributed by atoms with Crippen LogP contribution in [0, 0.1) is 5.41 Å². The van der Waals surface area contributed by atoms with Crippen molar-refractivity contribution >= 4 is 5.97 Å². The zero-order chi connectivity index (χ0) is 13.9. The molecule has 1 N–H and O–H groups in total. The molecule has 0 spiro atoms. The number of carboxylic acids is 1. The number of carbonyl (C=O) groups is 1. The lowest BCUT2D eigenvalue weighted by Gasteiger charge is -2.30. The van der Waals surface area contributed by atoms with E-state index in [2.05, 4.69) is 15.5 Å². The lowest BCUT2D eigenvalue weighted by Crippen LogP contribution is -2.29. The van der Waals surface area contributed by atoms with Gasteiger partial charge in [0.2, 0.25) is 0 Å². The van der Waals surface area contributed by atoms with Crippen LogP contribution < -0.4 is 0 Å². The fourth-order valence-corrected chi connectivity index (χ4v) is 1.72. The number of tetrazole rings is 1. The Morgan fingerprint density at radius 3 is 2.56 bits per heavy atom. The van der Waals surface area contributed by atoms with Crippen LogP contribution in [0.4, 0.5) is 0 Å². The lowest BCUT2D eigenvalue weighted by atomic mass is 9.84. The summed E-state index contributed by atoms with van der Waals surface area (Å²) >= 11 is 0. The molecule has 2 unspecified atom stereocenters. The first-order chi connectivity index (χ1) is 8.27. The number of rotatable bonds is 5. The number of carboxylic acid groups (broad SMARTS) is 1. The summed E-state index contributed by atoms with van der Waals surface area (Å²) in [5, 5.41) is 20.5. The number of hydrogen-bond donors (Lipinski definition) is 1. The molecule has 0 aliphatic rings. The number of hydrogen-bond acceptors (Lipinski definition) is 5. The highest BCUT2D eigenvalue weighted by molar-refractivity contribution is 5.67. The molecule has 1 heterocycles. The zero-order valence-electron chi connectivity index (χ0n) is 11.4. The van der Waals surface area contributed by atoms with E-state index in [0.717, 1.165) is 0 Å². The summed E-state index contributed by atoms with van der Waals surface area (Å²) in [7, 11) is 1.56. The maximum Gasteiger partial charge on any atom is 0.305 e. The van der Waals surface area contributed by atoms with E-state index < -0.39 is 5.97 Å². The summed E-state index contributed by atoms with van der Waals surface area (Å²) in [5.74, 6) is -0.333. The fourth-order valence-electron chi connectivity index (χ4n) is 1.72. The standard InChI is InChI=1S/C11H20N4O3/c1-7(18-5)10-12-13-14-15(10)8(6-9(16)17)11(2,3)4/h7-8H,6H2,1-5H3,(H,16,17). The van der Waals surface area contributed by atoms with Crippen molar-refractivity contribution in [3.63, 3.8) is 0 Å². The molecule has 102 valence electrons. The van der Waals surface area contributed by atoms with E-state index in [1.165, 1.54) is 0 Å². The van der Waals surface area contributed by atoms with Crippen molar-refractivity contribution in [2.24, 2.45) is 5.41 Å². The van der Waals surface area contributed by atoms with E-state index in [1.54, 1.807) is 11.8 Å². The second-order valence-corrected chi connectivity index (χ2v) is 5.34. The van der Waals surface area contributed by atoms with E-state index in [-0.39, 0.29) is 24.0 Å². The van der Waals surface area contributed by atoms with Crippen molar-refractivity contribution in [1.29, 1.82) is 0 Å². The molecule has 7 heteroatoms. The minimum atomic E-state index is -0.874. The van der Waals surface area contributed by atoms with Gasteiger partial charge in [0.15, 0.2) is 5.82 Å². The first kappa shape index (κ1) is 14.6. The van der Waals surface area contributed by atoms with Crippen molar-refractivity contribution in [3.05, 3.63) is 5.82 Å². The normalized spacial score (nSPS) is 15.4. The molecular formula is C11H20N4O3. The maximum atomic E-state index is 11.0. The van der Waals surface area contributed by atoms with E-state index in [9.17, 15) is 4.79 Å². The Bertz CT molecular complexity index is 411. The minimum absolute atomic E-state index is 0.0298. The largest absolute Gasteiger partial charge is 0.481 e. The van der Waals surface area contributed by atoms with Gasteiger partial charge in [-0.15, -0.1) is 5.10 Å². The predicted octanol–water partition coefficient (Wildman–Crippen LogP) is 1.44. The van der Waals surface area contributed by atoms with Crippen LogP contribution in [0.25, 0.3) is 0 Å². The number of ether oxygens (including phenoxy) is 1. The van der Waals surface area contributed by atoms with Crippen molar-refractivity contribution < 1.29 is 14.6 Å². The molecule has 0 aliphatic carbocycles. The summed E-state index contributed by atoms with van der Waals surface area (Å²) in [5.41, 5.74) is -0.268. The van der Waals surface area contributed by atoms with Crippen LogP contribution in [-0.4, -0.2) is 38.4 Å². The predicted molar refractivity (Wildman–Crippen MR) is 64.0 cm³/mol. The van der Waals surface area contributed by atoms with Crippen LogP contribution >= 0.6 is 0 Å². The molecule has 0 saturated heterocycles. The van der Waals surface area contributed by atoms with Crippen molar-refractivity contribution in [2.75, 3.05) is 7.11 Å². The summed E-state index contributed by atoms with van der Waals surface area (Å²) in [6.07, 6.45) is -0.309. The second kappa shape index (κ2) is 5.43. The van der Waals surface area contributed by atoms with Gasteiger partial charge >= 0.3 is 5.97 Å². The van der Waals surface area contributed by atoms with E-state index in [4.69, 9.17) is 9.84 Å². The van der Waals surface area contributed by atoms with Gasteiger partial charge in [-0.05, 0) is 22.8 Å². The number of aliphatic carboxylic acids is 1. The maximum absolute atomic E-state index is 11.0. The topological polar surface area (TPSA) is 90.1 Å². The third-order valence-electron chi connectivity index (χ3n) is 2.90.